The topological polar surface area (TPSA) is 30.2 Å². The summed E-state index contributed by atoms with van der Waals surface area (Å²) in [6.45, 7) is 3.94. The smallest absolute Gasteiger partial charge is 0.158 e. The SMILES string of the molecule is Cc1cc(C)c2nc(Cl)cn2n1. The van der Waals surface area contributed by atoms with E-state index >= 15 is 0 Å². The Balaban J connectivity index is 2.88. The summed E-state index contributed by atoms with van der Waals surface area (Å²) in [5.74, 6) is 0. The lowest BCUT2D eigenvalue weighted by atomic mass is 10.3. The predicted molar refractivity (Wildman–Crippen MR) is 47.5 cm³/mol. The molecule has 2 aromatic rings. The third-order valence-corrected chi connectivity index (χ3v) is 1.88. The zero-order valence-electron chi connectivity index (χ0n) is 6.87. The molecule has 2 aromatic heterocycles. The average Bonchev–Trinajstić information content (AvgIpc) is 2.29. The van der Waals surface area contributed by atoms with E-state index in [1.807, 2.05) is 19.9 Å². The maximum absolute atomic E-state index is 5.74. The van der Waals surface area contributed by atoms with Crippen LogP contribution in [0.2, 0.25) is 5.15 Å². The van der Waals surface area contributed by atoms with Gasteiger partial charge in [0, 0.05) is 0 Å². The molecule has 3 nitrogen and oxygen atoms in total. The molecule has 0 unspecified atom stereocenters. The molecule has 0 aromatic carbocycles. The first-order chi connectivity index (χ1) is 5.66. The number of fused-ring (bicyclic) bond motifs is 1. The first-order valence-corrected chi connectivity index (χ1v) is 4.04. The number of hydrogen-bond donors (Lipinski definition) is 0. The highest BCUT2D eigenvalue weighted by molar-refractivity contribution is 6.29. The van der Waals surface area contributed by atoms with E-state index in [4.69, 9.17) is 11.6 Å². The Labute approximate surface area is 75.0 Å². The molecule has 4 heteroatoms. The molecule has 0 amide bonds. The number of hydrogen-bond acceptors (Lipinski definition) is 2. The predicted octanol–water partition coefficient (Wildman–Crippen LogP) is 2.00. The molecule has 2 heterocycles. The van der Waals surface area contributed by atoms with Crippen LogP contribution in [0.5, 0.6) is 0 Å². The molecule has 0 fully saturated rings. The van der Waals surface area contributed by atoms with E-state index in [-0.39, 0.29) is 0 Å². The van der Waals surface area contributed by atoms with Crippen molar-refractivity contribution in [1.29, 1.82) is 0 Å². The lowest BCUT2D eigenvalue weighted by molar-refractivity contribution is 0.893. The van der Waals surface area contributed by atoms with E-state index in [1.54, 1.807) is 10.7 Å². The van der Waals surface area contributed by atoms with Crippen molar-refractivity contribution in [2.24, 2.45) is 0 Å². The normalized spacial score (nSPS) is 10.9. The van der Waals surface area contributed by atoms with Gasteiger partial charge in [-0.1, -0.05) is 11.6 Å². The second kappa shape index (κ2) is 2.45. The molecule has 0 saturated heterocycles. The molecule has 0 saturated carbocycles. The van der Waals surface area contributed by atoms with Gasteiger partial charge in [-0.15, -0.1) is 0 Å². The van der Waals surface area contributed by atoms with Crippen molar-refractivity contribution in [2.45, 2.75) is 13.8 Å². The van der Waals surface area contributed by atoms with Gasteiger partial charge in [-0.2, -0.15) is 5.10 Å². The Morgan fingerprint density at radius 1 is 1.42 bits per heavy atom. The molecule has 12 heavy (non-hydrogen) atoms. The van der Waals surface area contributed by atoms with Crippen molar-refractivity contribution < 1.29 is 0 Å². The zero-order chi connectivity index (χ0) is 8.72. The number of nitrogens with zero attached hydrogens (tertiary/aromatic N) is 3. The molecule has 62 valence electrons. The monoisotopic (exact) mass is 181 g/mol. The summed E-state index contributed by atoms with van der Waals surface area (Å²) >= 11 is 5.74. The summed E-state index contributed by atoms with van der Waals surface area (Å²) in [6.07, 6.45) is 1.71. The van der Waals surface area contributed by atoms with Crippen LogP contribution in [-0.2, 0) is 0 Å². The molecular formula is C8H8ClN3. The molecule has 2 rings (SSSR count). The van der Waals surface area contributed by atoms with E-state index in [0.29, 0.717) is 5.15 Å². The highest BCUT2D eigenvalue weighted by Crippen LogP contribution is 2.12. The van der Waals surface area contributed by atoms with E-state index < -0.39 is 0 Å². The summed E-state index contributed by atoms with van der Waals surface area (Å²) in [5, 5.41) is 4.71. The van der Waals surface area contributed by atoms with Crippen molar-refractivity contribution in [3.8, 4) is 0 Å². The Kier molecular flexibility index (Phi) is 1.54. The second-order valence-corrected chi connectivity index (χ2v) is 3.19. The van der Waals surface area contributed by atoms with Gasteiger partial charge >= 0.3 is 0 Å². The summed E-state index contributed by atoms with van der Waals surface area (Å²) < 4.78 is 1.70. The largest absolute Gasteiger partial charge is 0.219 e. The quantitative estimate of drug-likeness (QED) is 0.622. The molecule has 0 aliphatic carbocycles. The van der Waals surface area contributed by atoms with Crippen molar-refractivity contribution >= 4 is 17.2 Å². The molecule has 0 radical (unpaired) electrons. The van der Waals surface area contributed by atoms with Gasteiger partial charge in [-0.05, 0) is 25.5 Å². The zero-order valence-corrected chi connectivity index (χ0v) is 7.63. The summed E-state index contributed by atoms with van der Waals surface area (Å²) in [7, 11) is 0. The van der Waals surface area contributed by atoms with Gasteiger partial charge in [0.05, 0.1) is 11.9 Å². The third-order valence-electron chi connectivity index (χ3n) is 1.70. The molecule has 0 aliphatic rings. The van der Waals surface area contributed by atoms with Crippen LogP contribution in [0, 0.1) is 13.8 Å². The van der Waals surface area contributed by atoms with Gasteiger partial charge in [0.25, 0.3) is 0 Å². The van der Waals surface area contributed by atoms with Gasteiger partial charge in [0.2, 0.25) is 0 Å². The van der Waals surface area contributed by atoms with Crippen LogP contribution in [0.15, 0.2) is 12.3 Å². The first kappa shape index (κ1) is 7.55. The lowest BCUT2D eigenvalue weighted by Crippen LogP contribution is -1.95. The maximum Gasteiger partial charge on any atom is 0.158 e. The minimum atomic E-state index is 0.483. The Bertz CT molecular complexity index is 433. The standard InChI is InChI=1S/C8H8ClN3/c1-5-3-6(2)11-12-4-7(9)10-8(5)12/h3-4H,1-2H3. The van der Waals surface area contributed by atoms with E-state index in [0.717, 1.165) is 16.9 Å². The van der Waals surface area contributed by atoms with Gasteiger partial charge in [0.1, 0.15) is 5.15 Å². The van der Waals surface area contributed by atoms with Crippen molar-refractivity contribution in [3.63, 3.8) is 0 Å². The number of rotatable bonds is 0. The van der Waals surface area contributed by atoms with Crippen LogP contribution in [0.3, 0.4) is 0 Å². The van der Waals surface area contributed by atoms with E-state index in [2.05, 4.69) is 10.1 Å². The average molecular weight is 182 g/mol. The van der Waals surface area contributed by atoms with Gasteiger partial charge in [0.15, 0.2) is 5.65 Å². The van der Waals surface area contributed by atoms with Crippen LogP contribution in [0.25, 0.3) is 5.65 Å². The van der Waals surface area contributed by atoms with E-state index in [9.17, 15) is 0 Å². The highest BCUT2D eigenvalue weighted by Gasteiger charge is 2.03. The lowest BCUT2D eigenvalue weighted by Gasteiger charge is -1.97. The maximum atomic E-state index is 5.74. The molecule has 0 N–H and O–H groups in total. The van der Waals surface area contributed by atoms with Crippen LogP contribution in [-0.4, -0.2) is 14.6 Å². The van der Waals surface area contributed by atoms with Crippen LogP contribution < -0.4 is 0 Å². The molecule has 0 aliphatic heterocycles. The van der Waals surface area contributed by atoms with Crippen LogP contribution in [0.4, 0.5) is 0 Å². The number of imidazole rings is 1. The molecule has 0 atom stereocenters. The number of halogens is 1. The van der Waals surface area contributed by atoms with Gasteiger partial charge in [-0.25, -0.2) is 9.50 Å². The molecule has 0 bridgehead atoms. The van der Waals surface area contributed by atoms with Crippen molar-refractivity contribution in [1.82, 2.24) is 14.6 Å². The third kappa shape index (κ3) is 1.06. The fourth-order valence-electron chi connectivity index (χ4n) is 1.27. The minimum Gasteiger partial charge on any atom is -0.219 e. The van der Waals surface area contributed by atoms with Gasteiger partial charge in [-0.3, -0.25) is 0 Å². The van der Waals surface area contributed by atoms with Crippen LogP contribution >= 0.6 is 11.6 Å². The Morgan fingerprint density at radius 3 is 2.92 bits per heavy atom. The summed E-state index contributed by atoms with van der Waals surface area (Å²) in [5.41, 5.74) is 2.88. The fraction of sp³-hybridized carbons (Fsp3) is 0.250. The number of aromatic nitrogens is 3. The summed E-state index contributed by atoms with van der Waals surface area (Å²) in [4.78, 5) is 4.12. The number of aryl methyl sites for hydroxylation is 2. The molecule has 0 spiro atoms. The summed E-state index contributed by atoms with van der Waals surface area (Å²) in [6, 6.07) is 1.98. The molecular weight excluding hydrogens is 174 g/mol. The van der Waals surface area contributed by atoms with E-state index in [1.165, 1.54) is 0 Å². The minimum absolute atomic E-state index is 0.483. The second-order valence-electron chi connectivity index (χ2n) is 2.80. The van der Waals surface area contributed by atoms with Gasteiger partial charge < -0.3 is 0 Å². The highest BCUT2D eigenvalue weighted by atomic mass is 35.5. The Morgan fingerprint density at radius 2 is 2.17 bits per heavy atom. The first-order valence-electron chi connectivity index (χ1n) is 3.66. The Hall–Kier alpha value is -1.09. The fourth-order valence-corrected chi connectivity index (χ4v) is 1.44. The van der Waals surface area contributed by atoms with Crippen molar-refractivity contribution in [2.75, 3.05) is 0 Å². The van der Waals surface area contributed by atoms with Crippen molar-refractivity contribution in [3.05, 3.63) is 28.7 Å². The van der Waals surface area contributed by atoms with Crippen LogP contribution in [0.1, 0.15) is 11.3 Å².